The van der Waals surface area contributed by atoms with E-state index in [1.165, 1.54) is 9.34 Å². The minimum atomic E-state index is -3.42. The van der Waals surface area contributed by atoms with Crippen LogP contribution in [0.3, 0.4) is 0 Å². The van der Waals surface area contributed by atoms with Gasteiger partial charge in [-0.15, -0.1) is 0 Å². The van der Waals surface area contributed by atoms with Crippen molar-refractivity contribution in [3.63, 3.8) is 0 Å². The lowest BCUT2D eigenvalue weighted by Gasteiger charge is -2.22. The minimum absolute atomic E-state index is 0.230. The maximum Gasteiger partial charge on any atom is 0.360 e. The van der Waals surface area contributed by atoms with Gasteiger partial charge in [-0.1, -0.05) is 0 Å². The first-order valence-corrected chi connectivity index (χ1v) is 5.47. The van der Waals surface area contributed by atoms with Gasteiger partial charge >= 0.3 is 7.67 Å². The molecular weight excluding hydrogens is 196 g/mol. The normalized spacial score (nSPS) is 41.2. The molecule has 0 amide bonds. The van der Waals surface area contributed by atoms with Crippen LogP contribution in [0.4, 0.5) is 0 Å². The van der Waals surface area contributed by atoms with Gasteiger partial charge in [0.2, 0.25) is 0 Å². The quantitative estimate of drug-likeness (QED) is 0.239. The van der Waals surface area contributed by atoms with Gasteiger partial charge in [0.05, 0.1) is 31.4 Å². The molecule has 0 spiro atoms. The van der Waals surface area contributed by atoms with Crippen molar-refractivity contribution in [2.45, 2.75) is 10.7 Å². The first-order valence-electron chi connectivity index (χ1n) is 3.94. The number of nitrogens with two attached hydrogens (primary N) is 1. The number of rotatable bonds is 3. The van der Waals surface area contributed by atoms with Crippen LogP contribution in [0.15, 0.2) is 0 Å². The average Bonchev–Trinajstić information content (AvgIpc) is 2.88. The molecule has 2 fully saturated rings. The standard InChI is InChI=1S/C4H6B4N3O2P/c5-3(6)1-10(3)14(12,13-9)11-2-4(11,7)8/h1-2,9H2. The van der Waals surface area contributed by atoms with E-state index in [9.17, 15) is 4.57 Å². The van der Waals surface area contributed by atoms with Crippen LogP contribution in [0.1, 0.15) is 0 Å². The van der Waals surface area contributed by atoms with E-state index in [1.54, 1.807) is 0 Å². The van der Waals surface area contributed by atoms with E-state index in [-0.39, 0.29) is 13.1 Å². The molecule has 0 aliphatic carbocycles. The molecule has 2 aliphatic heterocycles. The van der Waals surface area contributed by atoms with Crippen LogP contribution in [-0.2, 0) is 9.19 Å². The van der Waals surface area contributed by atoms with Crippen molar-refractivity contribution in [2.24, 2.45) is 5.90 Å². The Morgan fingerprint density at radius 1 is 1.14 bits per heavy atom. The van der Waals surface area contributed by atoms with E-state index >= 15 is 0 Å². The Balaban J connectivity index is 2.17. The van der Waals surface area contributed by atoms with Crippen LogP contribution in [0, 0.1) is 0 Å². The molecule has 5 nitrogen and oxygen atoms in total. The molecule has 0 aromatic heterocycles. The van der Waals surface area contributed by atoms with Crippen LogP contribution >= 0.6 is 7.67 Å². The summed E-state index contributed by atoms with van der Waals surface area (Å²) in [6, 6.07) is 0. The Labute approximate surface area is 87.8 Å². The fourth-order valence-electron chi connectivity index (χ4n) is 1.30. The first-order chi connectivity index (χ1) is 6.24. The molecule has 0 bridgehead atoms. The monoisotopic (exact) mass is 203 g/mol. The molecule has 0 saturated carbocycles. The fourth-order valence-corrected chi connectivity index (χ4v) is 3.54. The highest BCUT2D eigenvalue weighted by Crippen LogP contribution is 2.67. The van der Waals surface area contributed by atoms with E-state index in [0.717, 1.165) is 0 Å². The van der Waals surface area contributed by atoms with Crippen molar-refractivity contribution in [1.82, 2.24) is 9.34 Å². The number of hydrogen-bond donors (Lipinski definition) is 1. The molecule has 2 N–H and O–H groups in total. The van der Waals surface area contributed by atoms with Crippen molar-refractivity contribution < 1.29 is 9.19 Å². The smallest absolute Gasteiger partial charge is 0.254 e. The van der Waals surface area contributed by atoms with Gasteiger partial charge in [-0.05, 0) is 10.7 Å². The second-order valence-electron chi connectivity index (χ2n) is 3.69. The molecular formula is C4H6B4N3O2P. The van der Waals surface area contributed by atoms with E-state index < -0.39 is 18.3 Å². The summed E-state index contributed by atoms with van der Waals surface area (Å²) in [6.07, 6.45) is 0. The summed E-state index contributed by atoms with van der Waals surface area (Å²) in [7, 11) is 18.6. The second kappa shape index (κ2) is 2.71. The van der Waals surface area contributed by atoms with Gasteiger partial charge in [-0.3, -0.25) is 4.57 Å². The lowest BCUT2D eigenvalue weighted by molar-refractivity contribution is 0.279. The summed E-state index contributed by atoms with van der Waals surface area (Å²) in [5.74, 6) is 4.96. The summed E-state index contributed by atoms with van der Waals surface area (Å²) in [4.78, 5) is 0. The summed E-state index contributed by atoms with van der Waals surface area (Å²) < 4.78 is 19.0. The Morgan fingerprint density at radius 2 is 1.43 bits per heavy atom. The number of nitrogens with zero attached hydrogens (tertiary/aromatic N) is 2. The number of hydrogen-bond acceptors (Lipinski definition) is 3. The summed E-state index contributed by atoms with van der Waals surface area (Å²) in [5, 5.41) is -2.29. The van der Waals surface area contributed by atoms with Crippen LogP contribution in [-0.4, -0.2) is 64.5 Å². The van der Waals surface area contributed by atoms with E-state index in [1.807, 2.05) is 0 Å². The van der Waals surface area contributed by atoms with E-state index in [0.29, 0.717) is 0 Å². The van der Waals surface area contributed by atoms with Crippen LogP contribution in [0.2, 0.25) is 0 Å². The zero-order chi connectivity index (χ0) is 10.8. The van der Waals surface area contributed by atoms with Crippen LogP contribution < -0.4 is 5.90 Å². The molecule has 66 valence electrons. The van der Waals surface area contributed by atoms with Gasteiger partial charge in [-0.2, -0.15) is 0 Å². The molecule has 2 atom stereocenters. The molecule has 2 saturated heterocycles. The van der Waals surface area contributed by atoms with Gasteiger partial charge in [0.15, 0.2) is 0 Å². The molecule has 8 radical (unpaired) electrons. The van der Waals surface area contributed by atoms with Crippen molar-refractivity contribution >= 4 is 39.1 Å². The lowest BCUT2D eigenvalue weighted by atomic mass is 9.70. The average molecular weight is 202 g/mol. The molecule has 0 aromatic rings. The van der Waals surface area contributed by atoms with Crippen LogP contribution in [0.5, 0.6) is 0 Å². The Kier molecular flexibility index (Phi) is 2.10. The second-order valence-corrected chi connectivity index (χ2v) is 5.85. The third kappa shape index (κ3) is 1.42. The highest BCUT2D eigenvalue weighted by atomic mass is 31.2. The van der Waals surface area contributed by atoms with E-state index in [4.69, 9.17) is 37.3 Å². The molecule has 2 unspecified atom stereocenters. The van der Waals surface area contributed by atoms with Gasteiger partial charge in [0.1, 0.15) is 0 Å². The summed E-state index contributed by atoms with van der Waals surface area (Å²) in [6.45, 7) is 0.460. The summed E-state index contributed by atoms with van der Waals surface area (Å²) in [5.41, 5.74) is 0. The maximum atomic E-state index is 12.1. The van der Waals surface area contributed by atoms with Gasteiger partial charge in [0.25, 0.3) is 0 Å². The zero-order valence-corrected chi connectivity index (χ0v) is 8.35. The molecule has 2 rings (SSSR count). The maximum absolute atomic E-state index is 12.1. The topological polar surface area (TPSA) is 58.3 Å². The molecule has 2 aliphatic rings. The Hall–Kier alpha value is 0.330. The third-order valence-corrected chi connectivity index (χ3v) is 4.83. The van der Waals surface area contributed by atoms with Gasteiger partial charge < -0.3 is 0 Å². The largest absolute Gasteiger partial charge is 0.360 e. The lowest BCUT2D eigenvalue weighted by Crippen LogP contribution is -2.26. The predicted octanol–water partition coefficient (Wildman–Crippen LogP) is -2.40. The summed E-state index contributed by atoms with van der Waals surface area (Å²) >= 11 is 0. The first kappa shape index (κ1) is 10.8. The van der Waals surface area contributed by atoms with Crippen molar-refractivity contribution in [1.29, 1.82) is 0 Å². The molecule has 14 heavy (non-hydrogen) atoms. The minimum Gasteiger partial charge on any atom is -0.254 e. The predicted molar refractivity (Wildman–Crippen MR) is 54.8 cm³/mol. The van der Waals surface area contributed by atoms with Gasteiger partial charge in [0, 0.05) is 13.1 Å². The molecule has 10 heteroatoms. The van der Waals surface area contributed by atoms with Crippen molar-refractivity contribution in [3.8, 4) is 0 Å². The SMILES string of the molecule is [B]C1([B])CN1P(=O)(ON)N1CC1([B])[B]. The van der Waals surface area contributed by atoms with Crippen LogP contribution in [0.25, 0.3) is 0 Å². The molecule has 2 heterocycles. The van der Waals surface area contributed by atoms with Gasteiger partial charge in [-0.25, -0.2) is 19.9 Å². The van der Waals surface area contributed by atoms with E-state index in [2.05, 4.69) is 4.62 Å². The molecule has 0 aromatic carbocycles. The third-order valence-electron chi connectivity index (χ3n) is 2.31. The zero-order valence-electron chi connectivity index (χ0n) is 7.46. The fraction of sp³-hybridized carbons (Fsp3) is 1.00. The highest BCUT2D eigenvalue weighted by molar-refractivity contribution is 7.55. The Morgan fingerprint density at radius 3 is 1.57 bits per heavy atom. The van der Waals surface area contributed by atoms with Crippen molar-refractivity contribution in [2.75, 3.05) is 13.1 Å². The Bertz CT molecular complexity index is 298. The highest BCUT2D eigenvalue weighted by Gasteiger charge is 2.63. The van der Waals surface area contributed by atoms with Crippen molar-refractivity contribution in [3.05, 3.63) is 0 Å².